The van der Waals surface area contributed by atoms with Crippen LogP contribution in [-0.4, -0.2) is 26.1 Å². The summed E-state index contributed by atoms with van der Waals surface area (Å²) in [5.41, 5.74) is 0. The third-order valence-electron chi connectivity index (χ3n) is 2.19. The standard InChI is InChI=1S/C11H16ClO5PS/c1-3-16-18(13,17-4-2)11(12)19(14,15)10-8-6-5-7-9-10/h5-9,11H,3-4H2,1-2H3. The van der Waals surface area contributed by atoms with Crippen molar-refractivity contribution in [2.75, 3.05) is 13.2 Å². The summed E-state index contributed by atoms with van der Waals surface area (Å²) in [4.78, 5) is -0.0189. The maximum absolute atomic E-state index is 12.4. The van der Waals surface area contributed by atoms with Gasteiger partial charge >= 0.3 is 7.60 Å². The predicted molar refractivity (Wildman–Crippen MR) is 74.1 cm³/mol. The van der Waals surface area contributed by atoms with Crippen LogP contribution in [0.1, 0.15) is 13.8 Å². The van der Waals surface area contributed by atoms with Crippen molar-refractivity contribution in [2.45, 2.75) is 23.2 Å². The van der Waals surface area contributed by atoms with Gasteiger partial charge in [0.15, 0.2) is 0 Å². The topological polar surface area (TPSA) is 69.7 Å². The van der Waals surface area contributed by atoms with Gasteiger partial charge in [0.2, 0.25) is 14.3 Å². The van der Waals surface area contributed by atoms with E-state index in [0.29, 0.717) is 0 Å². The smallest absolute Gasteiger partial charge is 0.307 e. The highest BCUT2D eigenvalue weighted by Crippen LogP contribution is 2.57. The molecule has 1 aromatic carbocycles. The van der Waals surface area contributed by atoms with Crippen molar-refractivity contribution in [1.82, 2.24) is 0 Å². The van der Waals surface area contributed by atoms with Gasteiger partial charge in [0, 0.05) is 0 Å². The van der Waals surface area contributed by atoms with Gasteiger partial charge in [-0.3, -0.25) is 4.57 Å². The molecule has 0 N–H and O–H groups in total. The molecule has 0 heterocycles. The minimum absolute atomic E-state index is 0.0189. The maximum Gasteiger partial charge on any atom is 0.364 e. The van der Waals surface area contributed by atoms with Crippen LogP contribution in [0.4, 0.5) is 0 Å². The fourth-order valence-corrected chi connectivity index (χ4v) is 5.93. The van der Waals surface area contributed by atoms with E-state index in [2.05, 4.69) is 0 Å². The van der Waals surface area contributed by atoms with Gasteiger partial charge < -0.3 is 9.05 Å². The van der Waals surface area contributed by atoms with Crippen LogP contribution in [0.5, 0.6) is 0 Å². The van der Waals surface area contributed by atoms with Gasteiger partial charge in [0.1, 0.15) is 0 Å². The van der Waals surface area contributed by atoms with Crippen LogP contribution in [0, 0.1) is 0 Å². The molecule has 19 heavy (non-hydrogen) atoms. The lowest BCUT2D eigenvalue weighted by Gasteiger charge is -2.21. The molecule has 0 radical (unpaired) electrons. The first-order valence-corrected chi connectivity index (χ1v) is 9.29. The molecule has 0 aliphatic heterocycles. The van der Waals surface area contributed by atoms with E-state index in [4.69, 9.17) is 20.6 Å². The van der Waals surface area contributed by atoms with Crippen LogP contribution in [0.2, 0.25) is 0 Å². The van der Waals surface area contributed by atoms with E-state index in [9.17, 15) is 13.0 Å². The second kappa shape index (κ2) is 6.86. The Bertz CT molecular complexity index is 535. The third-order valence-corrected chi connectivity index (χ3v) is 8.40. The van der Waals surface area contributed by atoms with Crippen LogP contribution in [-0.2, 0) is 23.4 Å². The van der Waals surface area contributed by atoms with Gasteiger partial charge in [-0.2, -0.15) is 0 Å². The number of benzene rings is 1. The Labute approximate surface area is 118 Å². The maximum atomic E-state index is 12.4. The van der Waals surface area contributed by atoms with Crippen LogP contribution >= 0.6 is 19.2 Å². The SMILES string of the molecule is CCOP(=O)(OCC)C(Cl)S(=O)(=O)c1ccccc1. The summed E-state index contributed by atoms with van der Waals surface area (Å²) in [6, 6.07) is 7.55. The Kier molecular flexibility index (Phi) is 6.02. The first-order chi connectivity index (χ1) is 8.88. The Balaban J connectivity index is 3.16. The largest absolute Gasteiger partial charge is 0.364 e. The fourth-order valence-electron chi connectivity index (χ4n) is 1.41. The Hall–Kier alpha value is -0.390. The molecule has 0 aliphatic rings. The van der Waals surface area contributed by atoms with Gasteiger partial charge in [-0.05, 0) is 26.0 Å². The first-order valence-electron chi connectivity index (χ1n) is 5.70. The van der Waals surface area contributed by atoms with Gasteiger partial charge in [0.25, 0.3) is 0 Å². The molecule has 0 aliphatic carbocycles. The first kappa shape index (κ1) is 16.7. The van der Waals surface area contributed by atoms with E-state index in [1.807, 2.05) is 0 Å². The van der Waals surface area contributed by atoms with E-state index in [1.165, 1.54) is 12.1 Å². The summed E-state index contributed by atoms with van der Waals surface area (Å²) in [6.07, 6.45) is 0. The van der Waals surface area contributed by atoms with Crippen molar-refractivity contribution in [3.05, 3.63) is 30.3 Å². The minimum Gasteiger partial charge on any atom is -0.307 e. The van der Waals surface area contributed by atoms with E-state index in [0.717, 1.165) is 0 Å². The summed E-state index contributed by atoms with van der Waals surface area (Å²) in [5, 5.41) is 0. The number of rotatable bonds is 7. The van der Waals surface area contributed by atoms with Crippen molar-refractivity contribution in [3.63, 3.8) is 0 Å². The third kappa shape index (κ3) is 3.80. The molecule has 108 valence electrons. The van der Waals surface area contributed by atoms with Crippen LogP contribution < -0.4 is 0 Å². The summed E-state index contributed by atoms with van der Waals surface area (Å²) in [7, 11) is -7.91. The molecule has 0 spiro atoms. The summed E-state index contributed by atoms with van der Waals surface area (Å²) in [6.45, 7) is 3.27. The molecule has 0 saturated heterocycles. The molecule has 0 bridgehead atoms. The quantitative estimate of drug-likeness (QED) is 0.568. The monoisotopic (exact) mass is 326 g/mol. The van der Waals surface area contributed by atoms with E-state index in [-0.39, 0.29) is 18.1 Å². The Morgan fingerprint density at radius 3 is 2.05 bits per heavy atom. The van der Waals surface area contributed by atoms with Crippen molar-refractivity contribution >= 4 is 29.0 Å². The Morgan fingerprint density at radius 2 is 1.63 bits per heavy atom. The molecule has 0 fully saturated rings. The second-order valence-corrected chi connectivity index (χ2v) is 9.02. The normalized spacial score (nSPS) is 14.3. The van der Waals surface area contributed by atoms with Gasteiger partial charge in [-0.25, -0.2) is 8.42 Å². The molecule has 1 unspecified atom stereocenters. The molecule has 8 heteroatoms. The highest BCUT2D eigenvalue weighted by Gasteiger charge is 2.44. The number of sulfone groups is 1. The zero-order valence-corrected chi connectivity index (χ0v) is 13.1. The van der Waals surface area contributed by atoms with Crippen molar-refractivity contribution in [3.8, 4) is 0 Å². The molecular weight excluding hydrogens is 311 g/mol. The molecule has 1 aromatic rings. The van der Waals surface area contributed by atoms with Crippen molar-refractivity contribution in [2.24, 2.45) is 0 Å². The number of alkyl halides is 1. The lowest BCUT2D eigenvalue weighted by Crippen LogP contribution is -2.19. The zero-order valence-electron chi connectivity index (χ0n) is 10.7. The summed E-state index contributed by atoms with van der Waals surface area (Å²) in [5.74, 6) is 0. The van der Waals surface area contributed by atoms with Gasteiger partial charge in [-0.1, -0.05) is 29.8 Å². The highest BCUT2D eigenvalue weighted by atomic mass is 35.5. The van der Waals surface area contributed by atoms with Crippen molar-refractivity contribution in [1.29, 1.82) is 0 Å². The summed E-state index contributed by atoms with van der Waals surface area (Å²) >= 11 is 5.87. The number of halogens is 1. The number of hydrogen-bond donors (Lipinski definition) is 0. The van der Waals surface area contributed by atoms with E-state index in [1.54, 1.807) is 32.0 Å². The minimum atomic E-state index is -3.99. The fraction of sp³-hybridized carbons (Fsp3) is 0.455. The van der Waals surface area contributed by atoms with Crippen LogP contribution in [0.3, 0.4) is 0 Å². The molecular formula is C11H16ClO5PS. The van der Waals surface area contributed by atoms with Gasteiger partial charge in [0.05, 0.1) is 18.1 Å². The lowest BCUT2D eigenvalue weighted by molar-refractivity contribution is 0.222. The van der Waals surface area contributed by atoms with Gasteiger partial charge in [-0.15, -0.1) is 0 Å². The molecule has 0 amide bonds. The molecule has 0 aromatic heterocycles. The Morgan fingerprint density at radius 1 is 1.16 bits per heavy atom. The van der Waals surface area contributed by atoms with Crippen molar-refractivity contribution < 1.29 is 22.0 Å². The average molecular weight is 327 g/mol. The van der Waals surface area contributed by atoms with E-state index >= 15 is 0 Å². The highest BCUT2D eigenvalue weighted by molar-refractivity contribution is 8.00. The molecule has 5 nitrogen and oxygen atoms in total. The molecule has 0 saturated carbocycles. The van der Waals surface area contributed by atoms with E-state index < -0.39 is 21.9 Å². The lowest BCUT2D eigenvalue weighted by atomic mass is 10.4. The van der Waals surface area contributed by atoms with Crippen LogP contribution in [0.25, 0.3) is 0 Å². The second-order valence-electron chi connectivity index (χ2n) is 3.53. The zero-order chi connectivity index (χ0) is 14.5. The predicted octanol–water partition coefficient (Wildman–Crippen LogP) is 3.25. The molecule has 1 atom stereocenters. The molecule has 1 rings (SSSR count). The average Bonchev–Trinajstić information content (AvgIpc) is 2.39. The number of hydrogen-bond acceptors (Lipinski definition) is 5. The summed E-state index contributed by atoms with van der Waals surface area (Å²) < 4.78 is 45.1. The van der Waals surface area contributed by atoms with Crippen LogP contribution in [0.15, 0.2) is 35.2 Å².